The molecule has 7 nitrogen and oxygen atoms in total. The molecule has 1 aliphatic rings. The fraction of sp³-hybridized carbons (Fsp3) is 0.769. The molecule has 20 heavy (non-hydrogen) atoms. The number of hydrogen-bond acceptors (Lipinski definition) is 7. The summed E-state index contributed by atoms with van der Waals surface area (Å²) in [6, 6.07) is 0. The van der Waals surface area contributed by atoms with E-state index >= 15 is 0 Å². The standard InChI is InChI=1S/C13H24N6O/c1-14-11-16-12(18-13(17-11)19(2)3)15-8-9-4-6-10(20)7-5-9/h9-10,20H,4-8H2,1-3H3,(H2,14,15,16,17,18). The Morgan fingerprint density at radius 2 is 1.75 bits per heavy atom. The molecule has 0 amide bonds. The second-order valence-corrected chi connectivity index (χ2v) is 5.48. The maximum absolute atomic E-state index is 9.51. The molecule has 1 aromatic rings. The molecule has 1 heterocycles. The van der Waals surface area contributed by atoms with Crippen LogP contribution < -0.4 is 15.5 Å². The van der Waals surface area contributed by atoms with E-state index in [0.29, 0.717) is 23.8 Å². The van der Waals surface area contributed by atoms with E-state index in [9.17, 15) is 5.11 Å². The zero-order valence-corrected chi connectivity index (χ0v) is 12.4. The summed E-state index contributed by atoms with van der Waals surface area (Å²) in [5.74, 6) is 2.37. The lowest BCUT2D eigenvalue weighted by Crippen LogP contribution is -2.24. The van der Waals surface area contributed by atoms with Gasteiger partial charge >= 0.3 is 0 Å². The lowest BCUT2D eigenvalue weighted by Gasteiger charge is -2.25. The molecule has 1 fully saturated rings. The van der Waals surface area contributed by atoms with Crippen LogP contribution in [0.1, 0.15) is 25.7 Å². The quantitative estimate of drug-likeness (QED) is 0.740. The van der Waals surface area contributed by atoms with Gasteiger partial charge in [-0.2, -0.15) is 15.0 Å². The second-order valence-electron chi connectivity index (χ2n) is 5.48. The van der Waals surface area contributed by atoms with Gasteiger partial charge in [-0.05, 0) is 31.6 Å². The molecule has 0 aliphatic heterocycles. The van der Waals surface area contributed by atoms with Crippen molar-refractivity contribution in [2.24, 2.45) is 5.92 Å². The van der Waals surface area contributed by atoms with E-state index < -0.39 is 0 Å². The number of rotatable bonds is 5. The number of aliphatic hydroxyl groups is 1. The Hall–Kier alpha value is -1.63. The molecule has 0 bridgehead atoms. The van der Waals surface area contributed by atoms with E-state index in [-0.39, 0.29) is 6.10 Å². The van der Waals surface area contributed by atoms with Gasteiger partial charge in [0.05, 0.1) is 6.10 Å². The summed E-state index contributed by atoms with van der Waals surface area (Å²) in [6.07, 6.45) is 3.79. The third kappa shape index (κ3) is 3.93. The van der Waals surface area contributed by atoms with Crippen molar-refractivity contribution in [3.63, 3.8) is 0 Å². The summed E-state index contributed by atoms with van der Waals surface area (Å²) in [7, 11) is 5.60. The van der Waals surface area contributed by atoms with Crippen molar-refractivity contribution >= 4 is 17.8 Å². The van der Waals surface area contributed by atoms with E-state index in [4.69, 9.17) is 0 Å². The van der Waals surface area contributed by atoms with Crippen LogP contribution in [0.2, 0.25) is 0 Å². The molecular weight excluding hydrogens is 256 g/mol. The molecule has 1 aliphatic carbocycles. The zero-order valence-electron chi connectivity index (χ0n) is 12.4. The average molecular weight is 280 g/mol. The highest BCUT2D eigenvalue weighted by molar-refractivity contribution is 5.42. The van der Waals surface area contributed by atoms with E-state index in [2.05, 4.69) is 25.6 Å². The third-order valence-corrected chi connectivity index (χ3v) is 3.61. The molecule has 3 N–H and O–H groups in total. The van der Waals surface area contributed by atoms with Crippen LogP contribution in [0.15, 0.2) is 0 Å². The molecule has 0 atom stereocenters. The third-order valence-electron chi connectivity index (χ3n) is 3.61. The molecule has 1 aromatic heterocycles. The molecule has 0 radical (unpaired) electrons. The number of nitrogens with zero attached hydrogens (tertiary/aromatic N) is 4. The Balaban J connectivity index is 1.96. The van der Waals surface area contributed by atoms with Gasteiger partial charge in [0.2, 0.25) is 17.8 Å². The summed E-state index contributed by atoms with van der Waals surface area (Å²) in [5.41, 5.74) is 0. The number of aliphatic hydroxyl groups excluding tert-OH is 1. The predicted octanol–water partition coefficient (Wildman–Crippen LogP) is 0.942. The maximum atomic E-state index is 9.51. The van der Waals surface area contributed by atoms with Crippen molar-refractivity contribution in [1.82, 2.24) is 15.0 Å². The van der Waals surface area contributed by atoms with Gasteiger partial charge in [0, 0.05) is 27.7 Å². The Bertz CT molecular complexity index is 431. The molecule has 7 heteroatoms. The van der Waals surface area contributed by atoms with Gasteiger partial charge in [-0.15, -0.1) is 0 Å². The van der Waals surface area contributed by atoms with Crippen LogP contribution >= 0.6 is 0 Å². The topological polar surface area (TPSA) is 86.2 Å². The second kappa shape index (κ2) is 6.69. The van der Waals surface area contributed by atoms with E-state index in [0.717, 1.165) is 32.2 Å². The molecule has 0 aromatic carbocycles. The molecule has 112 valence electrons. The minimum Gasteiger partial charge on any atom is -0.393 e. The Kier molecular flexibility index (Phi) is 4.94. The van der Waals surface area contributed by atoms with Crippen molar-refractivity contribution in [3.05, 3.63) is 0 Å². The van der Waals surface area contributed by atoms with Crippen molar-refractivity contribution in [2.45, 2.75) is 31.8 Å². The summed E-state index contributed by atoms with van der Waals surface area (Å²) in [5, 5.41) is 15.7. The van der Waals surface area contributed by atoms with Crippen molar-refractivity contribution in [3.8, 4) is 0 Å². The van der Waals surface area contributed by atoms with Crippen LogP contribution in [-0.4, -0.2) is 53.9 Å². The molecule has 0 spiro atoms. The minimum absolute atomic E-state index is 0.111. The van der Waals surface area contributed by atoms with Gasteiger partial charge in [0.25, 0.3) is 0 Å². The Labute approximate surface area is 119 Å². The van der Waals surface area contributed by atoms with Crippen LogP contribution in [0.3, 0.4) is 0 Å². The van der Waals surface area contributed by atoms with Crippen molar-refractivity contribution < 1.29 is 5.11 Å². The number of anilines is 3. The van der Waals surface area contributed by atoms with Gasteiger partial charge in [-0.25, -0.2) is 0 Å². The zero-order chi connectivity index (χ0) is 14.5. The van der Waals surface area contributed by atoms with Crippen molar-refractivity contribution in [2.75, 3.05) is 43.2 Å². The first kappa shape index (κ1) is 14.8. The van der Waals surface area contributed by atoms with Gasteiger partial charge in [0.15, 0.2) is 0 Å². The first-order chi connectivity index (χ1) is 9.58. The normalized spacial score (nSPS) is 22.4. The molecule has 1 saturated carbocycles. The van der Waals surface area contributed by atoms with E-state index in [1.807, 2.05) is 19.0 Å². The molecular formula is C13H24N6O. The first-order valence-electron chi connectivity index (χ1n) is 7.11. The van der Waals surface area contributed by atoms with Crippen LogP contribution in [0.25, 0.3) is 0 Å². The van der Waals surface area contributed by atoms with Crippen molar-refractivity contribution in [1.29, 1.82) is 0 Å². The highest BCUT2D eigenvalue weighted by Crippen LogP contribution is 2.24. The Morgan fingerprint density at radius 3 is 2.35 bits per heavy atom. The number of hydrogen-bond donors (Lipinski definition) is 3. The lowest BCUT2D eigenvalue weighted by atomic mass is 9.87. The van der Waals surface area contributed by atoms with Crippen LogP contribution in [0, 0.1) is 5.92 Å². The summed E-state index contributed by atoms with van der Waals surface area (Å²) in [6.45, 7) is 0.840. The maximum Gasteiger partial charge on any atom is 0.231 e. The summed E-state index contributed by atoms with van der Waals surface area (Å²) in [4.78, 5) is 14.8. The largest absolute Gasteiger partial charge is 0.393 e. The van der Waals surface area contributed by atoms with Crippen LogP contribution in [0.5, 0.6) is 0 Å². The summed E-state index contributed by atoms with van der Waals surface area (Å²) >= 11 is 0. The smallest absolute Gasteiger partial charge is 0.231 e. The Morgan fingerprint density at radius 1 is 1.10 bits per heavy atom. The summed E-state index contributed by atoms with van der Waals surface area (Å²) < 4.78 is 0. The molecule has 0 unspecified atom stereocenters. The number of aromatic nitrogens is 3. The first-order valence-corrected chi connectivity index (χ1v) is 7.11. The molecule has 2 rings (SSSR count). The minimum atomic E-state index is -0.111. The van der Waals surface area contributed by atoms with Crippen LogP contribution in [0.4, 0.5) is 17.8 Å². The van der Waals surface area contributed by atoms with Crippen LogP contribution in [-0.2, 0) is 0 Å². The highest BCUT2D eigenvalue weighted by atomic mass is 16.3. The van der Waals surface area contributed by atoms with Gasteiger partial charge < -0.3 is 20.6 Å². The van der Waals surface area contributed by atoms with Gasteiger partial charge in [0.1, 0.15) is 0 Å². The van der Waals surface area contributed by atoms with Gasteiger partial charge in [-0.1, -0.05) is 0 Å². The lowest BCUT2D eigenvalue weighted by molar-refractivity contribution is 0.111. The predicted molar refractivity (Wildman–Crippen MR) is 80.2 cm³/mol. The average Bonchev–Trinajstić information content (AvgIpc) is 2.46. The highest BCUT2D eigenvalue weighted by Gasteiger charge is 2.19. The van der Waals surface area contributed by atoms with Gasteiger partial charge in [-0.3, -0.25) is 0 Å². The monoisotopic (exact) mass is 280 g/mol. The van der Waals surface area contributed by atoms with E-state index in [1.54, 1.807) is 7.05 Å². The molecule has 0 saturated heterocycles. The fourth-order valence-electron chi connectivity index (χ4n) is 2.34. The fourth-order valence-corrected chi connectivity index (χ4v) is 2.34. The SMILES string of the molecule is CNc1nc(NCC2CCC(O)CC2)nc(N(C)C)n1. The van der Waals surface area contributed by atoms with E-state index in [1.165, 1.54) is 0 Å². The number of nitrogens with one attached hydrogen (secondary N) is 2.